The molecule has 0 atom stereocenters. The first-order chi connectivity index (χ1) is 6.33. The smallest absolute Gasteiger partial charge is 0.273 e. The molecule has 3 nitrogen and oxygen atoms in total. The number of nitrogens with zero attached hydrogens (tertiary/aromatic N) is 1. The monoisotopic (exact) mass is 200 g/mol. The van der Waals surface area contributed by atoms with Gasteiger partial charge in [-0.2, -0.15) is 0 Å². The van der Waals surface area contributed by atoms with Crippen LogP contribution in [-0.2, 0) is 0 Å². The van der Waals surface area contributed by atoms with Gasteiger partial charge in [0.25, 0.3) is 5.19 Å². The second-order valence-corrected chi connectivity index (χ2v) is 3.67. The summed E-state index contributed by atoms with van der Waals surface area (Å²) in [6.45, 7) is 6.77. The fraction of sp³-hybridized carbons (Fsp3) is 0.667. The molecule has 0 saturated carbocycles. The summed E-state index contributed by atoms with van der Waals surface area (Å²) < 4.78 is 5.42. The summed E-state index contributed by atoms with van der Waals surface area (Å²) in [5.41, 5.74) is 1.03. The van der Waals surface area contributed by atoms with Crippen LogP contribution < -0.4 is 10.1 Å². The van der Waals surface area contributed by atoms with Crippen molar-refractivity contribution in [3.8, 4) is 5.19 Å². The Labute approximate surface area is 83.1 Å². The van der Waals surface area contributed by atoms with Crippen molar-refractivity contribution in [1.29, 1.82) is 0 Å². The molecule has 0 aliphatic heterocycles. The average molecular weight is 200 g/mol. The van der Waals surface area contributed by atoms with E-state index in [2.05, 4.69) is 17.2 Å². The van der Waals surface area contributed by atoms with Gasteiger partial charge in [0, 0.05) is 11.9 Å². The van der Waals surface area contributed by atoms with Gasteiger partial charge in [-0.3, -0.25) is 0 Å². The molecule has 0 bridgehead atoms. The van der Waals surface area contributed by atoms with Crippen LogP contribution in [-0.4, -0.2) is 24.7 Å². The van der Waals surface area contributed by atoms with Gasteiger partial charge in [-0.25, -0.2) is 4.98 Å². The predicted octanol–water partition coefficient (Wildman–Crippen LogP) is 1.83. The van der Waals surface area contributed by atoms with Crippen LogP contribution in [0.5, 0.6) is 5.19 Å². The van der Waals surface area contributed by atoms with Crippen LogP contribution in [0.25, 0.3) is 0 Å². The van der Waals surface area contributed by atoms with Crippen LogP contribution >= 0.6 is 11.3 Å². The first-order valence-corrected chi connectivity index (χ1v) is 5.46. The Morgan fingerprint density at radius 3 is 3.00 bits per heavy atom. The minimum atomic E-state index is 0.701. The lowest BCUT2D eigenvalue weighted by atomic mass is 10.5. The third kappa shape index (κ3) is 4.24. The van der Waals surface area contributed by atoms with Crippen molar-refractivity contribution < 1.29 is 4.74 Å². The predicted molar refractivity (Wildman–Crippen MR) is 55.5 cm³/mol. The number of thiazole rings is 1. The fourth-order valence-electron chi connectivity index (χ4n) is 0.911. The number of aromatic nitrogens is 1. The van der Waals surface area contributed by atoms with Crippen LogP contribution in [0, 0.1) is 6.92 Å². The van der Waals surface area contributed by atoms with E-state index in [0.717, 1.165) is 30.4 Å². The molecule has 1 aromatic rings. The van der Waals surface area contributed by atoms with Gasteiger partial charge in [-0.15, -0.1) is 0 Å². The molecule has 1 heterocycles. The molecule has 0 amide bonds. The number of rotatable bonds is 6. The average Bonchev–Trinajstić information content (AvgIpc) is 2.51. The van der Waals surface area contributed by atoms with Gasteiger partial charge in [-0.05, 0) is 19.9 Å². The molecular weight excluding hydrogens is 184 g/mol. The molecule has 0 unspecified atom stereocenters. The van der Waals surface area contributed by atoms with Gasteiger partial charge >= 0.3 is 0 Å². The van der Waals surface area contributed by atoms with Crippen LogP contribution in [0.15, 0.2) is 5.38 Å². The van der Waals surface area contributed by atoms with E-state index in [1.165, 1.54) is 0 Å². The molecule has 0 aromatic carbocycles. The minimum Gasteiger partial charge on any atom is -0.469 e. The van der Waals surface area contributed by atoms with Crippen LogP contribution in [0.3, 0.4) is 0 Å². The molecule has 0 saturated heterocycles. The molecule has 1 aromatic heterocycles. The highest BCUT2D eigenvalue weighted by Gasteiger charge is 1.97. The van der Waals surface area contributed by atoms with E-state index in [-0.39, 0.29) is 0 Å². The van der Waals surface area contributed by atoms with Crippen molar-refractivity contribution in [2.45, 2.75) is 20.3 Å². The SMILES string of the molecule is CCCNCCOc1nc(C)cs1. The summed E-state index contributed by atoms with van der Waals surface area (Å²) in [6.07, 6.45) is 1.16. The lowest BCUT2D eigenvalue weighted by Crippen LogP contribution is -2.21. The van der Waals surface area contributed by atoms with E-state index in [0.29, 0.717) is 6.61 Å². The van der Waals surface area contributed by atoms with E-state index in [4.69, 9.17) is 4.74 Å². The third-order valence-corrected chi connectivity index (χ3v) is 2.40. The maximum atomic E-state index is 5.42. The summed E-state index contributed by atoms with van der Waals surface area (Å²) in [5.74, 6) is 0. The molecule has 1 N–H and O–H groups in total. The van der Waals surface area contributed by atoms with E-state index in [1.54, 1.807) is 11.3 Å². The summed E-state index contributed by atoms with van der Waals surface area (Å²) in [6, 6.07) is 0. The Bertz CT molecular complexity index is 237. The van der Waals surface area contributed by atoms with Crippen LogP contribution in [0.2, 0.25) is 0 Å². The molecule has 0 radical (unpaired) electrons. The van der Waals surface area contributed by atoms with Crippen molar-refractivity contribution in [2.24, 2.45) is 0 Å². The van der Waals surface area contributed by atoms with Crippen LogP contribution in [0.4, 0.5) is 0 Å². The number of hydrogen-bond acceptors (Lipinski definition) is 4. The normalized spacial score (nSPS) is 10.3. The number of aryl methyl sites for hydroxylation is 1. The second-order valence-electron chi connectivity index (χ2n) is 2.85. The summed E-state index contributed by atoms with van der Waals surface area (Å²) in [5, 5.41) is 6.03. The van der Waals surface area contributed by atoms with Gasteiger partial charge < -0.3 is 10.1 Å². The first-order valence-electron chi connectivity index (χ1n) is 4.58. The Hall–Kier alpha value is -0.610. The lowest BCUT2D eigenvalue weighted by molar-refractivity contribution is 0.312. The molecular formula is C9H16N2OS. The van der Waals surface area contributed by atoms with Crippen molar-refractivity contribution in [2.75, 3.05) is 19.7 Å². The van der Waals surface area contributed by atoms with Crippen LogP contribution in [0.1, 0.15) is 19.0 Å². The molecule has 4 heteroatoms. The molecule has 0 spiro atoms. The first kappa shape index (κ1) is 10.5. The van der Waals surface area contributed by atoms with Crippen molar-refractivity contribution in [3.05, 3.63) is 11.1 Å². The van der Waals surface area contributed by atoms with Crippen molar-refractivity contribution in [3.63, 3.8) is 0 Å². The Kier molecular flexibility index (Phi) is 4.78. The topological polar surface area (TPSA) is 34.1 Å². The highest BCUT2D eigenvalue weighted by Crippen LogP contribution is 2.16. The summed E-state index contributed by atoms with van der Waals surface area (Å²) in [7, 11) is 0. The zero-order valence-corrected chi connectivity index (χ0v) is 8.99. The molecule has 13 heavy (non-hydrogen) atoms. The van der Waals surface area contributed by atoms with E-state index in [1.807, 2.05) is 12.3 Å². The zero-order chi connectivity index (χ0) is 9.52. The van der Waals surface area contributed by atoms with Gasteiger partial charge in [0.2, 0.25) is 0 Å². The largest absolute Gasteiger partial charge is 0.469 e. The Morgan fingerprint density at radius 2 is 2.38 bits per heavy atom. The van der Waals surface area contributed by atoms with Gasteiger partial charge in [0.15, 0.2) is 0 Å². The van der Waals surface area contributed by atoms with Crippen molar-refractivity contribution >= 4 is 11.3 Å². The highest BCUT2D eigenvalue weighted by atomic mass is 32.1. The van der Waals surface area contributed by atoms with Crippen molar-refractivity contribution in [1.82, 2.24) is 10.3 Å². The molecule has 0 fully saturated rings. The minimum absolute atomic E-state index is 0.701. The lowest BCUT2D eigenvalue weighted by Gasteiger charge is -2.02. The van der Waals surface area contributed by atoms with E-state index < -0.39 is 0 Å². The standard InChI is InChI=1S/C9H16N2OS/c1-3-4-10-5-6-12-9-11-8(2)7-13-9/h7,10H,3-6H2,1-2H3. The van der Waals surface area contributed by atoms with E-state index >= 15 is 0 Å². The Balaban J connectivity index is 2.06. The zero-order valence-electron chi connectivity index (χ0n) is 8.17. The summed E-state index contributed by atoms with van der Waals surface area (Å²) in [4.78, 5) is 4.20. The third-order valence-electron chi connectivity index (χ3n) is 1.53. The number of nitrogens with one attached hydrogen (secondary N) is 1. The maximum Gasteiger partial charge on any atom is 0.273 e. The quantitative estimate of drug-likeness (QED) is 0.711. The van der Waals surface area contributed by atoms with Gasteiger partial charge in [-0.1, -0.05) is 18.3 Å². The van der Waals surface area contributed by atoms with Gasteiger partial charge in [0.1, 0.15) is 6.61 Å². The molecule has 74 valence electrons. The maximum absolute atomic E-state index is 5.42. The highest BCUT2D eigenvalue weighted by molar-refractivity contribution is 7.11. The second kappa shape index (κ2) is 5.94. The molecule has 1 rings (SSSR count). The Morgan fingerprint density at radius 1 is 1.54 bits per heavy atom. The van der Waals surface area contributed by atoms with Gasteiger partial charge in [0.05, 0.1) is 5.69 Å². The van der Waals surface area contributed by atoms with E-state index in [9.17, 15) is 0 Å². The number of hydrogen-bond donors (Lipinski definition) is 1. The number of ether oxygens (including phenoxy) is 1. The summed E-state index contributed by atoms with van der Waals surface area (Å²) >= 11 is 1.55. The fourth-order valence-corrected chi connectivity index (χ4v) is 1.58. The molecule has 0 aliphatic rings. The molecule has 0 aliphatic carbocycles.